The summed E-state index contributed by atoms with van der Waals surface area (Å²) in [6.45, 7) is 1.34. The zero-order chi connectivity index (χ0) is 13.4. The third-order valence-electron chi connectivity index (χ3n) is 3.53. The maximum absolute atomic E-state index is 12.3. The van der Waals surface area contributed by atoms with Crippen molar-refractivity contribution in [1.82, 2.24) is 14.9 Å². The highest BCUT2D eigenvalue weighted by molar-refractivity contribution is 6.34. The van der Waals surface area contributed by atoms with E-state index in [4.69, 9.17) is 11.6 Å². The lowest BCUT2D eigenvalue weighted by molar-refractivity contribution is 0.487. The summed E-state index contributed by atoms with van der Waals surface area (Å²) in [4.78, 5) is 27.0. The van der Waals surface area contributed by atoms with E-state index >= 15 is 0 Å². The first kappa shape index (κ1) is 12.4. The van der Waals surface area contributed by atoms with Crippen LogP contribution in [0.2, 0.25) is 5.02 Å². The number of hydrogen-bond acceptors (Lipinski definition) is 3. The molecule has 6 heteroatoms. The highest BCUT2D eigenvalue weighted by Gasteiger charge is 2.17. The molecule has 3 rings (SSSR count). The van der Waals surface area contributed by atoms with Gasteiger partial charge in [-0.15, -0.1) is 0 Å². The van der Waals surface area contributed by atoms with Crippen LogP contribution in [-0.4, -0.2) is 22.1 Å². The number of halogens is 1. The van der Waals surface area contributed by atoms with Crippen LogP contribution in [0.3, 0.4) is 0 Å². The molecule has 0 spiro atoms. The number of H-pyrrole nitrogens is 1. The molecule has 2 heterocycles. The van der Waals surface area contributed by atoms with Crippen LogP contribution in [0.5, 0.6) is 0 Å². The van der Waals surface area contributed by atoms with Crippen molar-refractivity contribution in [3.05, 3.63) is 44.1 Å². The molecule has 1 aliphatic heterocycles. The SMILES string of the molecule is O=c1[nH]c2c(Cl)cccc2c(=O)n1CC1CCCN1. The Morgan fingerprint density at radius 3 is 2.95 bits per heavy atom. The van der Waals surface area contributed by atoms with Crippen LogP contribution in [0, 0.1) is 0 Å². The number of aromatic amines is 1. The molecule has 1 aromatic heterocycles. The van der Waals surface area contributed by atoms with E-state index in [0.29, 0.717) is 22.5 Å². The minimum Gasteiger partial charge on any atom is -0.312 e. The molecule has 2 N–H and O–H groups in total. The predicted octanol–water partition coefficient (Wildman–Crippen LogP) is 1.10. The summed E-state index contributed by atoms with van der Waals surface area (Å²) in [7, 11) is 0. The molecule has 19 heavy (non-hydrogen) atoms. The zero-order valence-corrected chi connectivity index (χ0v) is 11.0. The Kier molecular flexibility index (Phi) is 3.16. The fraction of sp³-hybridized carbons (Fsp3) is 0.385. The molecule has 0 amide bonds. The number of rotatable bonds is 2. The van der Waals surface area contributed by atoms with Gasteiger partial charge in [0.2, 0.25) is 0 Å². The molecule has 0 aliphatic carbocycles. The van der Waals surface area contributed by atoms with Gasteiger partial charge in [0, 0.05) is 12.6 Å². The molecule has 1 aromatic carbocycles. The van der Waals surface area contributed by atoms with Crippen molar-refractivity contribution in [3.63, 3.8) is 0 Å². The second-order valence-corrected chi connectivity index (χ2v) is 5.21. The number of fused-ring (bicyclic) bond motifs is 1. The summed E-state index contributed by atoms with van der Waals surface area (Å²) in [5.74, 6) is 0. The second kappa shape index (κ2) is 4.83. The minimum atomic E-state index is -0.403. The van der Waals surface area contributed by atoms with Crippen LogP contribution in [0.4, 0.5) is 0 Å². The van der Waals surface area contributed by atoms with Gasteiger partial charge in [0.25, 0.3) is 5.56 Å². The van der Waals surface area contributed by atoms with Crippen LogP contribution in [0.1, 0.15) is 12.8 Å². The number of benzene rings is 1. The maximum atomic E-state index is 12.3. The van der Waals surface area contributed by atoms with Crippen molar-refractivity contribution < 1.29 is 0 Å². The van der Waals surface area contributed by atoms with E-state index in [0.717, 1.165) is 19.4 Å². The van der Waals surface area contributed by atoms with E-state index in [1.165, 1.54) is 4.57 Å². The third kappa shape index (κ3) is 2.19. The van der Waals surface area contributed by atoms with Gasteiger partial charge >= 0.3 is 5.69 Å². The van der Waals surface area contributed by atoms with Gasteiger partial charge in [0.1, 0.15) is 0 Å². The number of nitrogens with one attached hydrogen (secondary N) is 2. The molecule has 1 aliphatic rings. The molecule has 5 nitrogen and oxygen atoms in total. The van der Waals surface area contributed by atoms with Crippen molar-refractivity contribution >= 4 is 22.5 Å². The molecule has 0 bridgehead atoms. The quantitative estimate of drug-likeness (QED) is 0.865. The van der Waals surface area contributed by atoms with E-state index in [1.54, 1.807) is 18.2 Å². The second-order valence-electron chi connectivity index (χ2n) is 4.80. The van der Waals surface area contributed by atoms with Gasteiger partial charge in [-0.3, -0.25) is 9.36 Å². The zero-order valence-electron chi connectivity index (χ0n) is 10.3. The first-order valence-corrected chi connectivity index (χ1v) is 6.69. The first-order valence-electron chi connectivity index (χ1n) is 6.31. The van der Waals surface area contributed by atoms with E-state index in [9.17, 15) is 9.59 Å². The van der Waals surface area contributed by atoms with Crippen molar-refractivity contribution in [1.29, 1.82) is 0 Å². The van der Waals surface area contributed by atoms with Crippen LogP contribution < -0.4 is 16.6 Å². The Bertz CT molecular complexity index is 729. The van der Waals surface area contributed by atoms with Crippen LogP contribution in [0.15, 0.2) is 27.8 Å². The highest BCUT2D eigenvalue weighted by atomic mass is 35.5. The van der Waals surface area contributed by atoms with Gasteiger partial charge in [0.15, 0.2) is 0 Å². The highest BCUT2D eigenvalue weighted by Crippen LogP contribution is 2.17. The van der Waals surface area contributed by atoms with E-state index < -0.39 is 5.69 Å². The molecule has 1 saturated heterocycles. The number of hydrogen-bond donors (Lipinski definition) is 2. The van der Waals surface area contributed by atoms with E-state index in [-0.39, 0.29) is 11.6 Å². The molecule has 0 saturated carbocycles. The van der Waals surface area contributed by atoms with Gasteiger partial charge in [0.05, 0.1) is 15.9 Å². The number of para-hydroxylation sites is 1. The summed E-state index contributed by atoms with van der Waals surface area (Å²) in [5.41, 5.74) is -0.274. The Labute approximate surface area is 114 Å². The summed E-state index contributed by atoms with van der Waals surface area (Å²) in [5, 5.41) is 4.12. The van der Waals surface area contributed by atoms with E-state index in [1.807, 2.05) is 0 Å². The summed E-state index contributed by atoms with van der Waals surface area (Å²) >= 11 is 5.99. The fourth-order valence-electron chi connectivity index (χ4n) is 2.54. The Hall–Kier alpha value is -1.59. The smallest absolute Gasteiger partial charge is 0.312 e. The molecular weight excluding hydrogens is 266 g/mol. The molecular formula is C13H14ClN3O2. The average molecular weight is 280 g/mol. The van der Waals surface area contributed by atoms with Gasteiger partial charge in [-0.2, -0.15) is 0 Å². The van der Waals surface area contributed by atoms with Gasteiger partial charge < -0.3 is 10.3 Å². The Morgan fingerprint density at radius 2 is 2.21 bits per heavy atom. The maximum Gasteiger partial charge on any atom is 0.328 e. The van der Waals surface area contributed by atoms with Crippen molar-refractivity contribution in [2.75, 3.05) is 6.54 Å². The minimum absolute atomic E-state index is 0.190. The largest absolute Gasteiger partial charge is 0.328 e. The lowest BCUT2D eigenvalue weighted by atomic mass is 10.2. The van der Waals surface area contributed by atoms with Crippen LogP contribution in [0.25, 0.3) is 10.9 Å². The summed E-state index contributed by atoms with van der Waals surface area (Å²) in [6.07, 6.45) is 2.07. The molecule has 0 radical (unpaired) electrons. The van der Waals surface area contributed by atoms with Gasteiger partial charge in [-0.05, 0) is 31.5 Å². The lowest BCUT2D eigenvalue weighted by Gasteiger charge is -2.12. The first-order chi connectivity index (χ1) is 9.16. The fourth-order valence-corrected chi connectivity index (χ4v) is 2.76. The summed E-state index contributed by atoms with van der Waals surface area (Å²) in [6, 6.07) is 5.23. The van der Waals surface area contributed by atoms with Crippen molar-refractivity contribution in [2.45, 2.75) is 25.4 Å². The molecule has 2 aromatic rings. The molecule has 1 unspecified atom stereocenters. The van der Waals surface area contributed by atoms with Gasteiger partial charge in [-0.25, -0.2) is 4.79 Å². The average Bonchev–Trinajstić information content (AvgIpc) is 2.89. The monoisotopic (exact) mass is 279 g/mol. The Morgan fingerprint density at radius 1 is 1.37 bits per heavy atom. The van der Waals surface area contributed by atoms with Crippen molar-refractivity contribution in [3.8, 4) is 0 Å². The molecule has 1 fully saturated rings. The number of aromatic nitrogens is 2. The Balaban J connectivity index is 2.15. The van der Waals surface area contributed by atoms with Crippen molar-refractivity contribution in [2.24, 2.45) is 0 Å². The van der Waals surface area contributed by atoms with Crippen LogP contribution in [-0.2, 0) is 6.54 Å². The molecule has 100 valence electrons. The van der Waals surface area contributed by atoms with Crippen LogP contribution >= 0.6 is 11.6 Å². The predicted molar refractivity (Wildman–Crippen MR) is 74.9 cm³/mol. The molecule has 1 atom stereocenters. The third-order valence-corrected chi connectivity index (χ3v) is 3.85. The van der Waals surface area contributed by atoms with Gasteiger partial charge in [-0.1, -0.05) is 17.7 Å². The summed E-state index contributed by atoms with van der Waals surface area (Å²) < 4.78 is 1.25. The standard InChI is InChI=1S/C13H14ClN3O2/c14-10-5-1-4-9-11(10)16-13(19)17(12(9)18)7-8-3-2-6-15-8/h1,4-5,8,15H,2-3,6-7H2,(H,16,19). The number of nitrogens with zero attached hydrogens (tertiary/aromatic N) is 1. The lowest BCUT2D eigenvalue weighted by Crippen LogP contribution is -2.40. The normalized spacial score (nSPS) is 19.1. The topological polar surface area (TPSA) is 66.9 Å². The van der Waals surface area contributed by atoms with E-state index in [2.05, 4.69) is 10.3 Å².